The number of pyridine rings is 1. The SMILES string of the molecule is CNC(=O)c1ccc(-c2n[nH]c3cnc(-c4c(F)cccc4OC)cc23)cc1C. The molecule has 0 unspecified atom stereocenters. The van der Waals surface area contributed by atoms with Gasteiger partial charge in [0, 0.05) is 23.6 Å². The summed E-state index contributed by atoms with van der Waals surface area (Å²) in [5, 5.41) is 10.8. The molecule has 4 rings (SSSR count). The predicted molar refractivity (Wildman–Crippen MR) is 109 cm³/mol. The van der Waals surface area contributed by atoms with Gasteiger partial charge in [-0.15, -0.1) is 0 Å². The number of aromatic amines is 1. The van der Waals surface area contributed by atoms with Gasteiger partial charge >= 0.3 is 0 Å². The zero-order chi connectivity index (χ0) is 20.5. The number of benzene rings is 2. The molecule has 0 saturated carbocycles. The Morgan fingerprint density at radius 3 is 2.76 bits per heavy atom. The lowest BCUT2D eigenvalue weighted by Gasteiger charge is -2.09. The number of halogens is 1. The summed E-state index contributed by atoms with van der Waals surface area (Å²) in [6, 6.07) is 12.0. The Bertz CT molecular complexity index is 1230. The molecule has 0 aliphatic carbocycles. The summed E-state index contributed by atoms with van der Waals surface area (Å²) in [5.41, 5.74) is 4.47. The molecule has 0 spiro atoms. The number of methoxy groups -OCH3 is 1. The number of H-pyrrole nitrogens is 1. The summed E-state index contributed by atoms with van der Waals surface area (Å²) in [5.74, 6) is -0.140. The van der Waals surface area contributed by atoms with Crippen molar-refractivity contribution >= 4 is 16.8 Å². The van der Waals surface area contributed by atoms with E-state index in [-0.39, 0.29) is 5.91 Å². The third-order valence-electron chi connectivity index (χ3n) is 4.87. The van der Waals surface area contributed by atoms with E-state index >= 15 is 0 Å². The van der Waals surface area contributed by atoms with Crippen LogP contribution in [0.25, 0.3) is 33.4 Å². The summed E-state index contributed by atoms with van der Waals surface area (Å²) >= 11 is 0. The van der Waals surface area contributed by atoms with Crippen LogP contribution in [0, 0.1) is 12.7 Å². The lowest BCUT2D eigenvalue weighted by molar-refractivity contribution is 0.0962. The summed E-state index contributed by atoms with van der Waals surface area (Å²) in [4.78, 5) is 16.3. The molecule has 0 saturated heterocycles. The van der Waals surface area contributed by atoms with E-state index in [9.17, 15) is 9.18 Å². The van der Waals surface area contributed by atoms with Crippen molar-refractivity contribution in [1.29, 1.82) is 0 Å². The fraction of sp³-hybridized carbons (Fsp3) is 0.136. The van der Waals surface area contributed by atoms with Crippen LogP contribution < -0.4 is 10.1 Å². The van der Waals surface area contributed by atoms with Gasteiger partial charge in [0.2, 0.25) is 0 Å². The van der Waals surface area contributed by atoms with Crippen LogP contribution in [0.2, 0.25) is 0 Å². The van der Waals surface area contributed by atoms with Crippen LogP contribution in [-0.4, -0.2) is 35.2 Å². The smallest absolute Gasteiger partial charge is 0.251 e. The highest BCUT2D eigenvalue weighted by molar-refractivity contribution is 5.98. The molecule has 6 nitrogen and oxygen atoms in total. The lowest BCUT2D eigenvalue weighted by Crippen LogP contribution is -2.18. The average molecular weight is 390 g/mol. The molecule has 0 radical (unpaired) electrons. The number of ether oxygens (including phenoxy) is 1. The van der Waals surface area contributed by atoms with Gasteiger partial charge in [-0.25, -0.2) is 4.39 Å². The van der Waals surface area contributed by atoms with Crippen LogP contribution in [0.3, 0.4) is 0 Å². The van der Waals surface area contributed by atoms with Crippen LogP contribution in [0.15, 0.2) is 48.7 Å². The van der Waals surface area contributed by atoms with Crippen LogP contribution >= 0.6 is 0 Å². The second-order valence-electron chi connectivity index (χ2n) is 6.61. The van der Waals surface area contributed by atoms with E-state index in [2.05, 4.69) is 20.5 Å². The zero-order valence-corrected chi connectivity index (χ0v) is 16.2. The Morgan fingerprint density at radius 2 is 2.03 bits per heavy atom. The third-order valence-corrected chi connectivity index (χ3v) is 4.87. The summed E-state index contributed by atoms with van der Waals surface area (Å²) in [6.07, 6.45) is 1.62. The highest BCUT2D eigenvalue weighted by atomic mass is 19.1. The number of aryl methyl sites for hydroxylation is 1. The minimum atomic E-state index is -0.410. The Labute approximate surface area is 166 Å². The van der Waals surface area contributed by atoms with Gasteiger partial charge < -0.3 is 10.1 Å². The van der Waals surface area contributed by atoms with E-state index in [1.807, 2.05) is 19.1 Å². The Morgan fingerprint density at radius 1 is 1.21 bits per heavy atom. The normalized spacial score (nSPS) is 10.9. The van der Waals surface area contributed by atoms with Crippen LogP contribution in [-0.2, 0) is 0 Å². The standard InChI is InChI=1S/C22H19FN4O2/c1-12-9-13(7-8-14(12)22(28)24-2)21-15-10-17(25-11-18(15)26-27-21)20-16(23)5-4-6-19(20)29-3/h4-11H,1-3H3,(H,24,28)(H,26,27). The topological polar surface area (TPSA) is 79.9 Å². The van der Waals surface area contributed by atoms with E-state index in [4.69, 9.17) is 4.74 Å². The Kier molecular flexibility index (Phi) is 4.72. The second-order valence-corrected chi connectivity index (χ2v) is 6.61. The highest BCUT2D eigenvalue weighted by Gasteiger charge is 2.17. The first kappa shape index (κ1) is 18.6. The fourth-order valence-corrected chi connectivity index (χ4v) is 3.40. The van der Waals surface area contributed by atoms with E-state index in [1.165, 1.54) is 13.2 Å². The first-order valence-electron chi connectivity index (χ1n) is 9.03. The monoisotopic (exact) mass is 390 g/mol. The summed E-state index contributed by atoms with van der Waals surface area (Å²) in [7, 11) is 3.10. The molecule has 29 heavy (non-hydrogen) atoms. The first-order valence-corrected chi connectivity index (χ1v) is 9.03. The van der Waals surface area contributed by atoms with E-state index in [0.29, 0.717) is 28.3 Å². The number of carbonyl (C=O) groups excluding carboxylic acids is 1. The van der Waals surface area contributed by atoms with Gasteiger partial charge in [-0.1, -0.05) is 12.1 Å². The Hall–Kier alpha value is -3.74. The molecular formula is C22H19FN4O2. The molecule has 0 atom stereocenters. The molecule has 0 aliphatic heterocycles. The van der Waals surface area contributed by atoms with Gasteiger partial charge in [0.1, 0.15) is 17.3 Å². The number of amides is 1. The third kappa shape index (κ3) is 3.20. The van der Waals surface area contributed by atoms with Gasteiger partial charge in [0.25, 0.3) is 5.91 Å². The molecule has 146 valence electrons. The number of hydrogen-bond donors (Lipinski definition) is 2. The Balaban J connectivity index is 1.86. The number of aromatic nitrogens is 3. The number of carbonyl (C=O) groups is 1. The maximum atomic E-state index is 14.5. The largest absolute Gasteiger partial charge is 0.496 e. The number of nitrogens with zero attached hydrogens (tertiary/aromatic N) is 2. The van der Waals surface area contributed by atoms with Crippen molar-refractivity contribution in [3.05, 3.63) is 65.6 Å². The van der Waals surface area contributed by atoms with Gasteiger partial charge in [-0.05, 0) is 42.8 Å². The van der Waals surface area contributed by atoms with E-state index in [1.54, 1.807) is 37.5 Å². The molecule has 0 bridgehead atoms. The number of nitrogens with one attached hydrogen (secondary N) is 2. The van der Waals surface area contributed by atoms with Crippen molar-refractivity contribution in [2.45, 2.75) is 6.92 Å². The molecule has 0 aliphatic rings. The minimum absolute atomic E-state index is 0.140. The van der Waals surface area contributed by atoms with Crippen molar-refractivity contribution in [2.24, 2.45) is 0 Å². The molecular weight excluding hydrogens is 371 g/mol. The van der Waals surface area contributed by atoms with Crippen molar-refractivity contribution in [3.8, 4) is 28.3 Å². The lowest BCUT2D eigenvalue weighted by atomic mass is 10.0. The number of hydrogen-bond acceptors (Lipinski definition) is 4. The molecule has 2 heterocycles. The maximum absolute atomic E-state index is 14.5. The van der Waals surface area contributed by atoms with Gasteiger partial charge in [0.15, 0.2) is 0 Å². The van der Waals surface area contributed by atoms with E-state index in [0.717, 1.165) is 22.0 Å². The molecule has 2 aromatic heterocycles. The van der Waals surface area contributed by atoms with Crippen LogP contribution in [0.4, 0.5) is 4.39 Å². The maximum Gasteiger partial charge on any atom is 0.251 e. The highest BCUT2D eigenvalue weighted by Crippen LogP contribution is 2.35. The van der Waals surface area contributed by atoms with Crippen molar-refractivity contribution in [3.63, 3.8) is 0 Å². The molecule has 1 amide bonds. The molecule has 7 heteroatoms. The van der Waals surface area contributed by atoms with Crippen molar-refractivity contribution in [2.75, 3.05) is 14.2 Å². The van der Waals surface area contributed by atoms with Crippen LogP contribution in [0.1, 0.15) is 15.9 Å². The van der Waals surface area contributed by atoms with Gasteiger partial charge in [-0.3, -0.25) is 14.9 Å². The molecule has 4 aromatic rings. The van der Waals surface area contributed by atoms with Crippen LogP contribution in [0.5, 0.6) is 5.75 Å². The molecule has 2 aromatic carbocycles. The van der Waals surface area contributed by atoms with Gasteiger partial charge in [-0.2, -0.15) is 5.10 Å². The van der Waals surface area contributed by atoms with Crippen molar-refractivity contribution in [1.82, 2.24) is 20.5 Å². The first-order chi connectivity index (χ1) is 14.0. The second kappa shape index (κ2) is 7.35. The minimum Gasteiger partial charge on any atom is -0.496 e. The molecule has 2 N–H and O–H groups in total. The quantitative estimate of drug-likeness (QED) is 0.550. The van der Waals surface area contributed by atoms with Crippen molar-refractivity contribution < 1.29 is 13.9 Å². The number of fused-ring (bicyclic) bond motifs is 1. The summed E-state index contributed by atoms with van der Waals surface area (Å²) in [6.45, 7) is 1.88. The zero-order valence-electron chi connectivity index (χ0n) is 16.2. The average Bonchev–Trinajstić information content (AvgIpc) is 3.16. The fourth-order valence-electron chi connectivity index (χ4n) is 3.40. The van der Waals surface area contributed by atoms with Gasteiger partial charge in [0.05, 0.1) is 30.1 Å². The van der Waals surface area contributed by atoms with E-state index < -0.39 is 5.82 Å². The molecule has 0 fully saturated rings. The predicted octanol–water partition coefficient (Wildman–Crippen LogP) is 4.11. The summed E-state index contributed by atoms with van der Waals surface area (Å²) < 4.78 is 19.8. The number of rotatable bonds is 4.